The van der Waals surface area contributed by atoms with Crippen molar-refractivity contribution in [2.75, 3.05) is 19.9 Å². The highest BCUT2D eigenvalue weighted by Gasteiger charge is 2.24. The van der Waals surface area contributed by atoms with Crippen LogP contribution in [0.15, 0.2) is 35.1 Å². The fraction of sp³-hybridized carbons (Fsp3) is 0.455. The van der Waals surface area contributed by atoms with Crippen molar-refractivity contribution in [3.63, 3.8) is 0 Å². The first kappa shape index (κ1) is 20.5. The maximum absolute atomic E-state index is 11.2. The van der Waals surface area contributed by atoms with E-state index in [4.69, 9.17) is 9.72 Å². The van der Waals surface area contributed by atoms with Gasteiger partial charge in [0.1, 0.15) is 11.3 Å². The number of aromatic nitrogens is 2. The van der Waals surface area contributed by atoms with Crippen molar-refractivity contribution in [2.24, 2.45) is 5.92 Å². The maximum Gasteiger partial charge on any atom is 0.213 e. The lowest BCUT2D eigenvalue weighted by Crippen LogP contribution is -2.08. The van der Waals surface area contributed by atoms with Gasteiger partial charge in [-0.15, -0.1) is 11.8 Å². The van der Waals surface area contributed by atoms with Crippen LogP contribution in [0.3, 0.4) is 0 Å². The Bertz CT molecular complexity index is 925. The van der Waals surface area contributed by atoms with E-state index < -0.39 is 0 Å². The Kier molecular flexibility index (Phi) is 6.50. The van der Waals surface area contributed by atoms with Gasteiger partial charge in [0, 0.05) is 30.3 Å². The molecule has 1 fully saturated rings. The van der Waals surface area contributed by atoms with E-state index in [0.29, 0.717) is 0 Å². The molecule has 1 heterocycles. The van der Waals surface area contributed by atoms with Crippen LogP contribution in [0.5, 0.6) is 0 Å². The summed E-state index contributed by atoms with van der Waals surface area (Å²) < 4.78 is 7.71. The summed E-state index contributed by atoms with van der Waals surface area (Å²) >= 11 is 1.80. The second-order valence-electron chi connectivity index (χ2n) is 7.30. The minimum absolute atomic E-state index is 0.772. The van der Waals surface area contributed by atoms with E-state index in [0.717, 1.165) is 52.9 Å². The quantitative estimate of drug-likeness (QED) is 0.262. The van der Waals surface area contributed by atoms with Gasteiger partial charge in [0.25, 0.3) is 0 Å². The molecular weight excluding hydrogens is 370 g/mol. The monoisotopic (exact) mass is 399 g/mol. The normalized spacial score (nSPS) is 15.2. The number of aryl methyl sites for hydroxylation is 1. The Morgan fingerprint density at radius 3 is 2.79 bits per heavy atom. The summed E-state index contributed by atoms with van der Waals surface area (Å²) in [6.07, 6.45) is 7.22. The minimum Gasteiger partial charge on any atom is -0.501 e. The van der Waals surface area contributed by atoms with Gasteiger partial charge in [-0.2, -0.15) is 0 Å². The second kappa shape index (κ2) is 8.86. The topological polar surface area (TPSA) is 47.4 Å². The van der Waals surface area contributed by atoms with E-state index >= 15 is 0 Å². The predicted octanol–water partition coefficient (Wildman–Crippen LogP) is 4.85. The number of fused-ring (bicyclic) bond motifs is 1. The van der Waals surface area contributed by atoms with Gasteiger partial charge in [0.05, 0.1) is 18.4 Å². The highest BCUT2D eigenvalue weighted by molar-refractivity contribution is 7.99. The lowest BCUT2D eigenvalue weighted by molar-refractivity contribution is -0.114. The van der Waals surface area contributed by atoms with E-state index in [9.17, 15) is 4.79 Å². The van der Waals surface area contributed by atoms with Gasteiger partial charge < -0.3 is 14.2 Å². The average Bonchev–Trinajstić information content (AvgIpc) is 3.45. The first-order valence-electron chi connectivity index (χ1n) is 9.72. The molecule has 5 nitrogen and oxygen atoms in total. The summed E-state index contributed by atoms with van der Waals surface area (Å²) in [6, 6.07) is 4.37. The molecule has 0 bridgehead atoms. The zero-order valence-electron chi connectivity index (χ0n) is 17.4. The summed E-state index contributed by atoms with van der Waals surface area (Å²) in [7, 11) is 3.40. The maximum atomic E-state index is 11.2. The van der Waals surface area contributed by atoms with Crippen LogP contribution in [-0.2, 0) is 16.1 Å². The van der Waals surface area contributed by atoms with Crippen molar-refractivity contribution in [3.8, 4) is 0 Å². The van der Waals surface area contributed by atoms with Crippen LogP contribution in [0, 0.1) is 12.8 Å². The standard InChI is InChI=1S/C22H29N3O2S/c1-6-28-21-11-18(19(9-15(2)27-5)13-24(4)14-26)10-20-22(21)23-16(3)25(20)12-17-7-8-17/h9-11,13-14,17H,6-8,12H2,1-5H3/b15-9+,19-13+. The molecule has 28 heavy (non-hydrogen) atoms. The molecule has 1 aromatic carbocycles. The van der Waals surface area contributed by atoms with Crippen molar-refractivity contribution in [3.05, 3.63) is 41.6 Å². The van der Waals surface area contributed by atoms with E-state index in [1.807, 2.05) is 19.2 Å². The molecule has 0 radical (unpaired) electrons. The molecule has 6 heteroatoms. The van der Waals surface area contributed by atoms with Gasteiger partial charge in [-0.05, 0) is 62.1 Å². The Morgan fingerprint density at radius 1 is 1.43 bits per heavy atom. The number of carbonyl (C=O) groups is 1. The Balaban J connectivity index is 2.19. The number of imidazole rings is 1. The third-order valence-corrected chi connectivity index (χ3v) is 5.88. The molecule has 1 aliphatic rings. The van der Waals surface area contributed by atoms with Crippen LogP contribution in [0.2, 0.25) is 0 Å². The van der Waals surface area contributed by atoms with E-state index in [1.54, 1.807) is 25.9 Å². The number of nitrogens with zero attached hydrogens (tertiary/aromatic N) is 3. The fourth-order valence-corrected chi connectivity index (χ4v) is 4.06. The van der Waals surface area contributed by atoms with Crippen molar-refractivity contribution in [1.82, 2.24) is 14.5 Å². The lowest BCUT2D eigenvalue weighted by atomic mass is 10.0. The van der Waals surface area contributed by atoms with Gasteiger partial charge in [-0.25, -0.2) is 4.98 Å². The fourth-order valence-electron chi connectivity index (χ4n) is 3.25. The van der Waals surface area contributed by atoms with Gasteiger partial charge in [0.15, 0.2) is 0 Å². The Hall–Kier alpha value is -2.21. The van der Waals surface area contributed by atoms with Crippen molar-refractivity contribution < 1.29 is 9.53 Å². The summed E-state index contributed by atoms with van der Waals surface area (Å²) in [5.41, 5.74) is 4.24. The van der Waals surface area contributed by atoms with Gasteiger partial charge in [-0.1, -0.05) is 6.92 Å². The molecule has 1 aromatic heterocycles. The van der Waals surface area contributed by atoms with Crippen molar-refractivity contribution >= 4 is 34.8 Å². The highest BCUT2D eigenvalue weighted by atomic mass is 32.2. The molecule has 0 N–H and O–H groups in total. The summed E-state index contributed by atoms with van der Waals surface area (Å²) in [5, 5.41) is 0. The number of amides is 1. The average molecular weight is 400 g/mol. The molecule has 0 spiro atoms. The Morgan fingerprint density at radius 2 is 2.18 bits per heavy atom. The molecule has 0 saturated heterocycles. The van der Waals surface area contributed by atoms with Crippen LogP contribution < -0.4 is 0 Å². The van der Waals surface area contributed by atoms with E-state index in [2.05, 4.69) is 30.5 Å². The number of methoxy groups -OCH3 is 1. The third-order valence-electron chi connectivity index (χ3n) is 4.97. The Labute approximate surface area is 171 Å². The molecule has 1 saturated carbocycles. The number of ether oxygens (including phenoxy) is 1. The van der Waals surface area contributed by atoms with Crippen LogP contribution in [0.1, 0.15) is 38.1 Å². The number of carbonyl (C=O) groups excluding carboxylic acids is 1. The molecule has 150 valence electrons. The summed E-state index contributed by atoms with van der Waals surface area (Å²) in [6.45, 7) is 7.19. The number of benzene rings is 1. The van der Waals surface area contributed by atoms with Crippen LogP contribution >= 0.6 is 11.8 Å². The largest absolute Gasteiger partial charge is 0.501 e. The summed E-state index contributed by atoms with van der Waals surface area (Å²) in [4.78, 5) is 18.8. The van der Waals surface area contributed by atoms with Gasteiger partial charge >= 0.3 is 0 Å². The number of hydrogen-bond donors (Lipinski definition) is 0. The first-order valence-corrected chi connectivity index (χ1v) is 10.7. The highest BCUT2D eigenvalue weighted by Crippen LogP contribution is 2.36. The first-order chi connectivity index (χ1) is 13.5. The van der Waals surface area contributed by atoms with Gasteiger partial charge in [-0.3, -0.25) is 4.79 Å². The lowest BCUT2D eigenvalue weighted by Gasteiger charge is -2.13. The number of rotatable bonds is 9. The van der Waals surface area contributed by atoms with Crippen molar-refractivity contribution in [1.29, 1.82) is 0 Å². The van der Waals surface area contributed by atoms with Crippen LogP contribution in [0.25, 0.3) is 16.6 Å². The van der Waals surface area contributed by atoms with Crippen molar-refractivity contribution in [2.45, 2.75) is 45.1 Å². The number of hydrogen-bond acceptors (Lipinski definition) is 4. The molecule has 0 aliphatic heterocycles. The van der Waals surface area contributed by atoms with E-state index in [1.165, 1.54) is 28.2 Å². The third kappa shape index (κ3) is 4.61. The van der Waals surface area contributed by atoms with Crippen LogP contribution in [0.4, 0.5) is 0 Å². The molecule has 0 unspecified atom stereocenters. The smallest absolute Gasteiger partial charge is 0.213 e. The number of thioether (sulfide) groups is 1. The van der Waals surface area contributed by atoms with E-state index in [-0.39, 0.29) is 0 Å². The molecule has 2 aromatic rings. The minimum atomic E-state index is 0.772. The molecule has 1 amide bonds. The molecule has 3 rings (SSSR count). The zero-order valence-corrected chi connectivity index (χ0v) is 18.2. The SMILES string of the molecule is CCSc1cc(C(/C=C(\C)OC)=C/N(C)C=O)cc2c1nc(C)n2CC1CC1. The summed E-state index contributed by atoms with van der Waals surface area (Å²) in [5.74, 6) is 3.61. The second-order valence-corrected chi connectivity index (χ2v) is 8.61. The number of allylic oxidation sites excluding steroid dienone is 3. The molecule has 1 aliphatic carbocycles. The molecule has 0 atom stereocenters. The molecular formula is C22H29N3O2S. The zero-order chi connectivity index (χ0) is 20.3. The van der Waals surface area contributed by atoms with Gasteiger partial charge in [0.2, 0.25) is 6.41 Å². The predicted molar refractivity (Wildman–Crippen MR) is 116 cm³/mol. The van der Waals surface area contributed by atoms with Crippen LogP contribution in [-0.4, -0.2) is 40.8 Å².